The van der Waals surface area contributed by atoms with Gasteiger partial charge in [0.1, 0.15) is 0 Å². The van der Waals surface area contributed by atoms with E-state index >= 15 is 0 Å². The van der Waals surface area contributed by atoms with Gasteiger partial charge in [0.2, 0.25) is 0 Å². The summed E-state index contributed by atoms with van der Waals surface area (Å²) >= 11 is 0. The summed E-state index contributed by atoms with van der Waals surface area (Å²) in [7, 11) is 0. The Morgan fingerprint density at radius 3 is 2.92 bits per heavy atom. The minimum absolute atomic E-state index is 0.337. The second-order valence-corrected chi connectivity index (χ2v) is 3.10. The van der Waals surface area contributed by atoms with Crippen LogP contribution in [-0.2, 0) is 4.74 Å². The zero-order valence-electron chi connectivity index (χ0n) is 8.10. The Hall–Kier alpha value is -0.340. The van der Waals surface area contributed by atoms with E-state index in [4.69, 9.17) is 4.74 Å². The first-order valence-corrected chi connectivity index (χ1v) is 4.89. The molecule has 0 saturated carbocycles. The molecule has 70 valence electrons. The lowest BCUT2D eigenvalue weighted by Gasteiger charge is -2.25. The van der Waals surface area contributed by atoms with Crippen LogP contribution in [0.25, 0.3) is 0 Å². The van der Waals surface area contributed by atoms with Crippen molar-refractivity contribution in [3.8, 4) is 0 Å². The molecule has 0 radical (unpaired) electrons. The van der Waals surface area contributed by atoms with Crippen LogP contribution < -0.4 is 5.32 Å². The molecule has 2 nitrogen and oxygen atoms in total. The summed E-state index contributed by atoms with van der Waals surface area (Å²) < 4.78 is 5.65. The molecule has 1 aliphatic heterocycles. The van der Waals surface area contributed by atoms with Gasteiger partial charge in [-0.15, -0.1) is 0 Å². The number of ether oxygens (including phenoxy) is 1. The van der Waals surface area contributed by atoms with Crippen LogP contribution in [0.5, 0.6) is 0 Å². The van der Waals surface area contributed by atoms with Crippen LogP contribution in [0.4, 0.5) is 0 Å². The molecule has 1 unspecified atom stereocenters. The van der Waals surface area contributed by atoms with Gasteiger partial charge in [-0.3, -0.25) is 0 Å². The third kappa shape index (κ3) is 2.61. The maximum Gasteiger partial charge on any atom is 0.0909 e. The van der Waals surface area contributed by atoms with E-state index in [1.165, 1.54) is 5.57 Å². The Balaban J connectivity index is 2.46. The van der Waals surface area contributed by atoms with Crippen molar-refractivity contribution in [3.63, 3.8) is 0 Å². The van der Waals surface area contributed by atoms with Gasteiger partial charge in [-0.05, 0) is 18.4 Å². The molecule has 1 saturated heterocycles. The lowest BCUT2D eigenvalue weighted by atomic mass is 10.1. The molecular formula is C10H19NO. The standard InChI is InChI=1S/C10H19NO/c1-3-5-9(4-2)10-8-11-6-7-12-10/h5,10-11H,3-4,6-8H2,1-2H3/b9-5+. The van der Waals surface area contributed by atoms with Crippen molar-refractivity contribution in [2.45, 2.75) is 32.8 Å². The summed E-state index contributed by atoms with van der Waals surface area (Å²) in [5, 5.41) is 3.34. The van der Waals surface area contributed by atoms with Crippen LogP contribution in [0.1, 0.15) is 26.7 Å². The first-order chi connectivity index (χ1) is 5.88. The third-order valence-corrected chi connectivity index (χ3v) is 2.22. The normalized spacial score (nSPS) is 25.8. The lowest BCUT2D eigenvalue weighted by molar-refractivity contribution is 0.0500. The molecule has 1 fully saturated rings. The van der Waals surface area contributed by atoms with Gasteiger partial charge in [-0.2, -0.15) is 0 Å². The Morgan fingerprint density at radius 1 is 1.58 bits per heavy atom. The molecule has 12 heavy (non-hydrogen) atoms. The highest BCUT2D eigenvalue weighted by molar-refractivity contribution is 5.09. The Morgan fingerprint density at radius 2 is 2.42 bits per heavy atom. The number of allylic oxidation sites excluding steroid dienone is 1. The molecular weight excluding hydrogens is 150 g/mol. The average Bonchev–Trinajstić information content (AvgIpc) is 2.15. The van der Waals surface area contributed by atoms with Gasteiger partial charge in [0, 0.05) is 13.1 Å². The molecule has 0 amide bonds. The fourth-order valence-corrected chi connectivity index (χ4v) is 1.57. The predicted octanol–water partition coefficient (Wildman–Crippen LogP) is 1.72. The van der Waals surface area contributed by atoms with Crippen LogP contribution in [0.15, 0.2) is 11.6 Å². The molecule has 2 heteroatoms. The summed E-state index contributed by atoms with van der Waals surface area (Å²) in [5.41, 5.74) is 1.45. The number of rotatable bonds is 3. The van der Waals surface area contributed by atoms with E-state index in [-0.39, 0.29) is 0 Å². The van der Waals surface area contributed by atoms with Crippen molar-refractivity contribution in [2.24, 2.45) is 0 Å². The van der Waals surface area contributed by atoms with E-state index in [0.29, 0.717) is 6.10 Å². The Kier molecular flexibility index (Phi) is 4.33. The van der Waals surface area contributed by atoms with Gasteiger partial charge < -0.3 is 10.1 Å². The Bertz CT molecular complexity index is 148. The first kappa shape index (κ1) is 9.75. The monoisotopic (exact) mass is 169 g/mol. The van der Waals surface area contributed by atoms with E-state index in [9.17, 15) is 0 Å². The number of nitrogens with one attached hydrogen (secondary N) is 1. The molecule has 1 rings (SSSR count). The maximum absolute atomic E-state index is 5.65. The fourth-order valence-electron chi connectivity index (χ4n) is 1.57. The first-order valence-electron chi connectivity index (χ1n) is 4.89. The summed E-state index contributed by atoms with van der Waals surface area (Å²) in [6.45, 7) is 7.20. The lowest BCUT2D eigenvalue weighted by Crippen LogP contribution is -2.39. The molecule has 0 spiro atoms. The van der Waals surface area contributed by atoms with Crippen molar-refractivity contribution < 1.29 is 4.74 Å². The summed E-state index contributed by atoms with van der Waals surface area (Å²) in [6.07, 6.45) is 4.85. The van der Waals surface area contributed by atoms with Crippen molar-refractivity contribution in [2.75, 3.05) is 19.7 Å². The molecule has 0 aromatic rings. The van der Waals surface area contributed by atoms with Crippen molar-refractivity contribution in [1.29, 1.82) is 0 Å². The van der Waals surface area contributed by atoms with Crippen molar-refractivity contribution in [3.05, 3.63) is 11.6 Å². The highest BCUT2D eigenvalue weighted by Gasteiger charge is 2.15. The quantitative estimate of drug-likeness (QED) is 0.649. The smallest absolute Gasteiger partial charge is 0.0909 e. The van der Waals surface area contributed by atoms with E-state index in [2.05, 4.69) is 25.2 Å². The molecule has 0 bridgehead atoms. The second kappa shape index (κ2) is 5.33. The van der Waals surface area contributed by atoms with Gasteiger partial charge in [0.15, 0.2) is 0 Å². The van der Waals surface area contributed by atoms with Gasteiger partial charge in [-0.1, -0.05) is 19.9 Å². The topological polar surface area (TPSA) is 21.3 Å². The number of hydrogen-bond donors (Lipinski definition) is 1. The summed E-state index contributed by atoms with van der Waals surface area (Å²) in [5.74, 6) is 0. The van der Waals surface area contributed by atoms with Crippen LogP contribution in [0.2, 0.25) is 0 Å². The van der Waals surface area contributed by atoms with E-state index in [1.54, 1.807) is 0 Å². The number of hydrogen-bond acceptors (Lipinski definition) is 2. The van der Waals surface area contributed by atoms with E-state index in [1.807, 2.05) is 0 Å². The summed E-state index contributed by atoms with van der Waals surface area (Å²) in [6, 6.07) is 0. The molecule has 1 atom stereocenters. The SMILES string of the molecule is CC/C=C(\CC)C1CNCCO1. The molecule has 1 heterocycles. The second-order valence-electron chi connectivity index (χ2n) is 3.10. The van der Waals surface area contributed by atoms with E-state index in [0.717, 1.165) is 32.5 Å². The third-order valence-electron chi connectivity index (χ3n) is 2.22. The van der Waals surface area contributed by atoms with Crippen molar-refractivity contribution in [1.82, 2.24) is 5.32 Å². The molecule has 0 aromatic carbocycles. The average molecular weight is 169 g/mol. The minimum atomic E-state index is 0.337. The molecule has 1 N–H and O–H groups in total. The van der Waals surface area contributed by atoms with Crippen LogP contribution >= 0.6 is 0 Å². The van der Waals surface area contributed by atoms with Crippen LogP contribution in [0.3, 0.4) is 0 Å². The maximum atomic E-state index is 5.65. The molecule has 1 aliphatic rings. The largest absolute Gasteiger partial charge is 0.371 e. The number of morpholine rings is 1. The zero-order valence-corrected chi connectivity index (χ0v) is 8.10. The Labute approximate surface area is 75.0 Å². The molecule has 0 aromatic heterocycles. The van der Waals surface area contributed by atoms with Gasteiger partial charge in [-0.25, -0.2) is 0 Å². The van der Waals surface area contributed by atoms with Gasteiger partial charge in [0.05, 0.1) is 12.7 Å². The van der Waals surface area contributed by atoms with Crippen molar-refractivity contribution >= 4 is 0 Å². The van der Waals surface area contributed by atoms with Crippen LogP contribution in [0, 0.1) is 0 Å². The predicted molar refractivity (Wildman–Crippen MR) is 51.3 cm³/mol. The minimum Gasteiger partial charge on any atom is -0.371 e. The van der Waals surface area contributed by atoms with Crippen LogP contribution in [-0.4, -0.2) is 25.8 Å². The van der Waals surface area contributed by atoms with E-state index < -0.39 is 0 Å². The molecule has 0 aliphatic carbocycles. The highest BCUT2D eigenvalue weighted by Crippen LogP contribution is 2.13. The highest BCUT2D eigenvalue weighted by atomic mass is 16.5. The van der Waals surface area contributed by atoms with Gasteiger partial charge in [0.25, 0.3) is 0 Å². The fraction of sp³-hybridized carbons (Fsp3) is 0.800. The van der Waals surface area contributed by atoms with Gasteiger partial charge >= 0.3 is 0 Å². The summed E-state index contributed by atoms with van der Waals surface area (Å²) in [4.78, 5) is 0. The zero-order chi connectivity index (χ0) is 8.81.